The zero-order valence-electron chi connectivity index (χ0n) is 18.5. The van der Waals surface area contributed by atoms with E-state index in [1.54, 1.807) is 24.3 Å². The average Bonchev–Trinajstić information content (AvgIpc) is 3.12. The predicted octanol–water partition coefficient (Wildman–Crippen LogP) is 2.51. The van der Waals surface area contributed by atoms with Crippen molar-refractivity contribution in [2.45, 2.75) is 37.3 Å². The molecule has 178 valence electrons. The summed E-state index contributed by atoms with van der Waals surface area (Å²) < 4.78 is 46.4. The van der Waals surface area contributed by atoms with Crippen LogP contribution in [0.4, 0.5) is 8.78 Å². The van der Waals surface area contributed by atoms with Crippen LogP contribution in [-0.4, -0.2) is 51.0 Å². The SMILES string of the molecule is N#C[C@@H](Cc1cc2c(cc1F)-c1cc(C3(F)COC3)ccc1CO2)NC(=O)[C@@H]1CNCCCO1. The van der Waals surface area contributed by atoms with Crippen LogP contribution in [-0.2, 0) is 33.0 Å². The third-order valence-electron chi connectivity index (χ3n) is 6.45. The molecule has 5 rings (SSSR count). The zero-order valence-corrected chi connectivity index (χ0v) is 18.5. The molecule has 7 nitrogen and oxygen atoms in total. The zero-order chi connectivity index (χ0) is 23.7. The van der Waals surface area contributed by atoms with Crippen LogP contribution in [0.5, 0.6) is 5.75 Å². The monoisotopic (exact) mass is 469 g/mol. The minimum Gasteiger partial charge on any atom is -0.488 e. The van der Waals surface area contributed by atoms with Crippen molar-refractivity contribution in [3.05, 3.63) is 52.8 Å². The highest BCUT2D eigenvalue weighted by atomic mass is 19.1. The molecule has 2 atom stereocenters. The van der Waals surface area contributed by atoms with Crippen LogP contribution in [0.1, 0.15) is 23.1 Å². The molecular weight excluding hydrogens is 444 g/mol. The van der Waals surface area contributed by atoms with Gasteiger partial charge in [-0.2, -0.15) is 5.26 Å². The first kappa shape index (κ1) is 22.7. The Kier molecular flexibility index (Phi) is 6.21. The van der Waals surface area contributed by atoms with Crippen molar-refractivity contribution < 1.29 is 27.8 Å². The molecule has 2 saturated heterocycles. The van der Waals surface area contributed by atoms with Crippen molar-refractivity contribution in [3.8, 4) is 22.9 Å². The fraction of sp³-hybridized carbons (Fsp3) is 0.440. The van der Waals surface area contributed by atoms with Crippen LogP contribution < -0.4 is 15.4 Å². The maximum Gasteiger partial charge on any atom is 0.251 e. The highest BCUT2D eigenvalue weighted by Gasteiger charge is 2.41. The fourth-order valence-corrected chi connectivity index (χ4v) is 4.41. The first-order chi connectivity index (χ1) is 16.5. The van der Waals surface area contributed by atoms with E-state index in [4.69, 9.17) is 14.2 Å². The van der Waals surface area contributed by atoms with Crippen molar-refractivity contribution in [3.63, 3.8) is 0 Å². The van der Waals surface area contributed by atoms with Gasteiger partial charge in [-0.3, -0.25) is 4.79 Å². The van der Waals surface area contributed by atoms with Crippen molar-refractivity contribution in [2.24, 2.45) is 0 Å². The molecule has 0 aliphatic carbocycles. The molecule has 0 spiro atoms. The predicted molar refractivity (Wildman–Crippen MR) is 118 cm³/mol. The fourth-order valence-electron chi connectivity index (χ4n) is 4.41. The Bertz CT molecular complexity index is 1140. The third kappa shape index (κ3) is 4.37. The number of carbonyl (C=O) groups excluding carboxylic acids is 1. The summed E-state index contributed by atoms with van der Waals surface area (Å²) in [5.74, 6) is -0.472. The number of nitrogens with one attached hydrogen (secondary N) is 2. The van der Waals surface area contributed by atoms with Gasteiger partial charge in [0.2, 0.25) is 0 Å². The van der Waals surface area contributed by atoms with E-state index in [-0.39, 0.29) is 31.8 Å². The van der Waals surface area contributed by atoms with Gasteiger partial charge in [0.15, 0.2) is 5.67 Å². The largest absolute Gasteiger partial charge is 0.488 e. The van der Waals surface area contributed by atoms with E-state index >= 15 is 4.39 Å². The summed E-state index contributed by atoms with van der Waals surface area (Å²) in [6, 6.07) is 9.25. The minimum atomic E-state index is -1.53. The normalized spacial score (nSPS) is 21.5. The number of alkyl halides is 1. The lowest BCUT2D eigenvalue weighted by Gasteiger charge is -2.35. The minimum absolute atomic E-state index is 0.00563. The number of nitrogens with zero attached hydrogens (tertiary/aromatic N) is 1. The van der Waals surface area contributed by atoms with Gasteiger partial charge in [-0.25, -0.2) is 8.78 Å². The summed E-state index contributed by atoms with van der Waals surface area (Å²) in [5, 5.41) is 15.3. The summed E-state index contributed by atoms with van der Waals surface area (Å²) in [7, 11) is 0. The summed E-state index contributed by atoms with van der Waals surface area (Å²) in [4.78, 5) is 12.5. The molecule has 9 heteroatoms. The second-order valence-electron chi connectivity index (χ2n) is 8.87. The van der Waals surface area contributed by atoms with Crippen molar-refractivity contribution in [2.75, 3.05) is 32.9 Å². The number of carbonyl (C=O) groups is 1. The Morgan fingerprint density at radius 2 is 2.15 bits per heavy atom. The van der Waals surface area contributed by atoms with E-state index in [2.05, 4.69) is 10.6 Å². The molecule has 3 heterocycles. The maximum absolute atomic E-state index is 15.1. The van der Waals surface area contributed by atoms with Gasteiger partial charge in [-0.15, -0.1) is 0 Å². The Morgan fingerprint density at radius 3 is 2.91 bits per heavy atom. The Labute approximate surface area is 196 Å². The molecular formula is C25H25F2N3O4. The Balaban J connectivity index is 1.35. The van der Waals surface area contributed by atoms with E-state index in [0.29, 0.717) is 30.0 Å². The van der Waals surface area contributed by atoms with Gasteiger partial charge >= 0.3 is 0 Å². The van der Waals surface area contributed by atoms with Crippen LogP contribution in [0.2, 0.25) is 0 Å². The van der Waals surface area contributed by atoms with Crippen LogP contribution >= 0.6 is 0 Å². The van der Waals surface area contributed by atoms with E-state index in [0.717, 1.165) is 24.1 Å². The standard InChI is InChI=1S/C25H25F2N3O4/c26-21-9-20-19-8-17(25(27)13-32-14-25)3-2-15(19)12-34-22(20)7-16(21)6-18(10-28)30-24(31)23-11-29-4-1-5-33-23/h2-3,7-9,18,23,29H,1,4-6,11-14H2,(H,30,31)/t18-,23+/m1/s1. The molecule has 34 heavy (non-hydrogen) atoms. The number of fused-ring (bicyclic) bond motifs is 3. The number of halogens is 2. The number of hydrogen-bond acceptors (Lipinski definition) is 6. The van der Waals surface area contributed by atoms with Crippen LogP contribution in [0.3, 0.4) is 0 Å². The highest BCUT2D eigenvalue weighted by Crippen LogP contribution is 2.42. The van der Waals surface area contributed by atoms with Gasteiger partial charge in [0.05, 0.1) is 19.3 Å². The molecule has 0 saturated carbocycles. The number of nitriles is 1. The van der Waals surface area contributed by atoms with E-state index < -0.39 is 29.5 Å². The molecule has 3 aliphatic rings. The first-order valence-electron chi connectivity index (χ1n) is 11.3. The number of amides is 1. The summed E-state index contributed by atoms with van der Waals surface area (Å²) >= 11 is 0. The van der Waals surface area contributed by atoms with E-state index in [1.807, 2.05) is 6.07 Å². The van der Waals surface area contributed by atoms with E-state index in [1.165, 1.54) is 6.07 Å². The molecule has 3 aliphatic heterocycles. The van der Waals surface area contributed by atoms with Gasteiger partial charge < -0.3 is 24.8 Å². The Hall–Kier alpha value is -3.06. The van der Waals surface area contributed by atoms with Gasteiger partial charge in [-0.05, 0) is 53.4 Å². The highest BCUT2D eigenvalue weighted by molar-refractivity contribution is 5.82. The van der Waals surface area contributed by atoms with Gasteiger partial charge in [0.1, 0.15) is 30.3 Å². The topological polar surface area (TPSA) is 92.6 Å². The van der Waals surface area contributed by atoms with Crippen LogP contribution in [0.15, 0.2) is 30.3 Å². The van der Waals surface area contributed by atoms with Gasteiger partial charge in [0.25, 0.3) is 5.91 Å². The molecule has 2 aromatic rings. The van der Waals surface area contributed by atoms with Gasteiger partial charge in [-0.1, -0.05) is 12.1 Å². The van der Waals surface area contributed by atoms with Gasteiger partial charge in [0, 0.05) is 25.1 Å². The average molecular weight is 469 g/mol. The lowest BCUT2D eigenvalue weighted by atomic mass is 9.87. The molecule has 0 radical (unpaired) electrons. The maximum atomic E-state index is 15.1. The summed E-state index contributed by atoms with van der Waals surface area (Å²) in [6.45, 7) is 1.86. The van der Waals surface area contributed by atoms with Crippen molar-refractivity contribution >= 4 is 5.91 Å². The summed E-state index contributed by atoms with van der Waals surface area (Å²) in [5.41, 5.74) is 1.31. The number of benzene rings is 2. The van der Waals surface area contributed by atoms with Crippen molar-refractivity contribution in [1.82, 2.24) is 10.6 Å². The van der Waals surface area contributed by atoms with Crippen molar-refractivity contribution in [1.29, 1.82) is 5.26 Å². The second-order valence-corrected chi connectivity index (χ2v) is 8.87. The molecule has 2 aromatic carbocycles. The third-order valence-corrected chi connectivity index (χ3v) is 6.45. The molecule has 0 bridgehead atoms. The molecule has 0 unspecified atom stereocenters. The lowest BCUT2D eigenvalue weighted by molar-refractivity contribution is -0.135. The first-order valence-corrected chi connectivity index (χ1v) is 11.3. The van der Waals surface area contributed by atoms with E-state index in [9.17, 15) is 14.4 Å². The molecule has 2 N–H and O–H groups in total. The smallest absolute Gasteiger partial charge is 0.251 e. The second kappa shape index (κ2) is 9.29. The van der Waals surface area contributed by atoms with Crippen LogP contribution in [0.25, 0.3) is 11.1 Å². The van der Waals surface area contributed by atoms with Crippen LogP contribution in [0, 0.1) is 17.1 Å². The summed E-state index contributed by atoms with van der Waals surface area (Å²) in [6.07, 6.45) is 0.0831. The Morgan fingerprint density at radius 1 is 1.29 bits per heavy atom. The number of ether oxygens (including phenoxy) is 3. The molecule has 2 fully saturated rings. The lowest BCUT2D eigenvalue weighted by Crippen LogP contribution is -2.46. The number of hydrogen-bond donors (Lipinski definition) is 2. The molecule has 1 amide bonds. The number of rotatable bonds is 5. The quantitative estimate of drug-likeness (QED) is 0.699. The molecule has 0 aromatic heterocycles.